The molecule has 0 radical (unpaired) electrons. The lowest BCUT2D eigenvalue weighted by molar-refractivity contribution is -0.122. The number of halogens is 1. The van der Waals surface area contributed by atoms with Crippen molar-refractivity contribution < 1.29 is 9.53 Å². The molecule has 2 unspecified atom stereocenters. The Morgan fingerprint density at radius 2 is 2.37 bits per heavy atom. The molecule has 1 N–H and O–H groups in total. The molecular formula is C14H18ClNO2S. The Labute approximate surface area is 123 Å². The number of alkyl halides is 1. The Hall–Kier alpha value is -0.710. The van der Waals surface area contributed by atoms with Crippen LogP contribution in [0.3, 0.4) is 0 Å². The summed E-state index contributed by atoms with van der Waals surface area (Å²) in [5.41, 5.74) is 1.14. The molecule has 0 saturated carbocycles. The molecule has 0 aliphatic carbocycles. The second kappa shape index (κ2) is 7.17. The maximum atomic E-state index is 12.1. The number of methoxy groups -OCH3 is 1. The molecule has 1 aromatic rings. The zero-order valence-corrected chi connectivity index (χ0v) is 12.5. The maximum Gasteiger partial charge on any atom is 0.228 e. The van der Waals surface area contributed by atoms with Crippen LogP contribution >= 0.6 is 23.4 Å². The summed E-state index contributed by atoms with van der Waals surface area (Å²) < 4.78 is 4.96. The van der Waals surface area contributed by atoms with Crippen LogP contribution in [0.2, 0.25) is 0 Å². The number of hydrogen-bond acceptors (Lipinski definition) is 3. The highest BCUT2D eigenvalue weighted by atomic mass is 35.5. The second-order valence-electron chi connectivity index (χ2n) is 4.53. The van der Waals surface area contributed by atoms with Gasteiger partial charge in [-0.3, -0.25) is 4.79 Å². The van der Waals surface area contributed by atoms with E-state index >= 15 is 0 Å². The number of benzene rings is 1. The molecule has 1 amide bonds. The predicted molar refractivity (Wildman–Crippen MR) is 79.1 cm³/mol. The summed E-state index contributed by atoms with van der Waals surface area (Å²) in [6.45, 7) is 1.11. The van der Waals surface area contributed by atoms with Gasteiger partial charge in [0.15, 0.2) is 0 Å². The van der Waals surface area contributed by atoms with Crippen LogP contribution in [0.1, 0.15) is 17.9 Å². The molecule has 0 bridgehead atoms. The number of hydrogen-bond donors (Lipinski definition) is 1. The van der Waals surface area contributed by atoms with Crippen molar-refractivity contribution in [2.24, 2.45) is 0 Å². The van der Waals surface area contributed by atoms with Gasteiger partial charge in [0.25, 0.3) is 0 Å². The average Bonchev–Trinajstić information content (AvgIpc) is 2.82. The standard InChI is InChI=1S/C14H18ClNO2S/c1-18-8-10(15)6-7-16-14(17)12-9-19-13-5-3-2-4-11(12)13/h2-5,10,12H,6-9H2,1H3,(H,16,17). The average molecular weight is 300 g/mol. The molecule has 0 saturated heterocycles. The van der Waals surface area contributed by atoms with Crippen LogP contribution in [-0.2, 0) is 9.53 Å². The summed E-state index contributed by atoms with van der Waals surface area (Å²) in [6.07, 6.45) is 0.725. The largest absolute Gasteiger partial charge is 0.383 e. The molecular weight excluding hydrogens is 282 g/mol. The van der Waals surface area contributed by atoms with E-state index in [0.717, 1.165) is 17.7 Å². The highest BCUT2D eigenvalue weighted by molar-refractivity contribution is 7.99. The van der Waals surface area contributed by atoms with Gasteiger partial charge in [-0.25, -0.2) is 0 Å². The Kier molecular flexibility index (Phi) is 5.55. The second-order valence-corrected chi connectivity index (χ2v) is 6.21. The van der Waals surface area contributed by atoms with E-state index in [9.17, 15) is 4.79 Å². The monoisotopic (exact) mass is 299 g/mol. The fourth-order valence-corrected chi connectivity index (χ4v) is 3.58. The third-order valence-electron chi connectivity index (χ3n) is 3.12. The molecule has 19 heavy (non-hydrogen) atoms. The normalized spacial score (nSPS) is 18.9. The fourth-order valence-electron chi connectivity index (χ4n) is 2.12. The minimum Gasteiger partial charge on any atom is -0.383 e. The number of fused-ring (bicyclic) bond motifs is 1. The van der Waals surface area contributed by atoms with E-state index in [1.807, 2.05) is 18.2 Å². The topological polar surface area (TPSA) is 38.3 Å². The predicted octanol–water partition coefficient (Wildman–Crippen LogP) is 2.64. The van der Waals surface area contributed by atoms with Crippen LogP contribution in [0.4, 0.5) is 0 Å². The van der Waals surface area contributed by atoms with Gasteiger partial charge in [-0.15, -0.1) is 23.4 Å². The van der Waals surface area contributed by atoms with Crippen molar-refractivity contribution in [2.45, 2.75) is 22.6 Å². The van der Waals surface area contributed by atoms with Gasteiger partial charge in [-0.05, 0) is 18.1 Å². The number of amides is 1. The first-order chi connectivity index (χ1) is 9.22. The number of carbonyl (C=O) groups is 1. The minimum atomic E-state index is -0.0458. The molecule has 1 aromatic carbocycles. The highest BCUT2D eigenvalue weighted by Crippen LogP contribution is 2.39. The molecule has 1 aliphatic rings. The Balaban J connectivity index is 1.82. The highest BCUT2D eigenvalue weighted by Gasteiger charge is 2.28. The van der Waals surface area contributed by atoms with Crippen molar-refractivity contribution in [3.05, 3.63) is 29.8 Å². The summed E-state index contributed by atoms with van der Waals surface area (Å²) in [4.78, 5) is 13.4. The van der Waals surface area contributed by atoms with Gasteiger partial charge >= 0.3 is 0 Å². The van der Waals surface area contributed by atoms with Crippen molar-refractivity contribution in [2.75, 3.05) is 26.0 Å². The molecule has 104 valence electrons. The molecule has 3 nitrogen and oxygen atoms in total. The van der Waals surface area contributed by atoms with E-state index in [1.165, 1.54) is 4.90 Å². The van der Waals surface area contributed by atoms with Gasteiger partial charge in [-0.2, -0.15) is 0 Å². The lowest BCUT2D eigenvalue weighted by Gasteiger charge is -2.13. The van der Waals surface area contributed by atoms with Gasteiger partial charge in [0.1, 0.15) is 0 Å². The van der Waals surface area contributed by atoms with Crippen LogP contribution in [0.15, 0.2) is 29.2 Å². The van der Waals surface area contributed by atoms with Crippen molar-refractivity contribution >= 4 is 29.3 Å². The minimum absolute atomic E-state index is 0.0302. The van der Waals surface area contributed by atoms with Crippen LogP contribution < -0.4 is 5.32 Å². The molecule has 5 heteroatoms. The maximum absolute atomic E-state index is 12.1. The zero-order valence-electron chi connectivity index (χ0n) is 10.9. The van der Waals surface area contributed by atoms with E-state index in [1.54, 1.807) is 18.9 Å². The Morgan fingerprint density at radius 1 is 1.58 bits per heavy atom. The first kappa shape index (κ1) is 14.7. The molecule has 0 aromatic heterocycles. The Bertz CT molecular complexity index is 441. The molecule has 0 spiro atoms. The van der Waals surface area contributed by atoms with E-state index in [4.69, 9.17) is 16.3 Å². The van der Waals surface area contributed by atoms with Crippen LogP contribution in [-0.4, -0.2) is 37.3 Å². The number of rotatable bonds is 6. The lowest BCUT2D eigenvalue weighted by atomic mass is 10.0. The number of carbonyl (C=O) groups excluding carboxylic acids is 1. The van der Waals surface area contributed by atoms with Crippen molar-refractivity contribution in [3.63, 3.8) is 0 Å². The summed E-state index contributed by atoms with van der Waals surface area (Å²) in [6, 6.07) is 8.10. The number of ether oxygens (including phenoxy) is 1. The summed E-state index contributed by atoms with van der Waals surface area (Å²) in [5, 5.41) is 2.92. The first-order valence-electron chi connectivity index (χ1n) is 6.35. The molecule has 1 aliphatic heterocycles. The van der Waals surface area contributed by atoms with E-state index < -0.39 is 0 Å². The smallest absolute Gasteiger partial charge is 0.228 e. The van der Waals surface area contributed by atoms with Gasteiger partial charge in [0.05, 0.1) is 17.9 Å². The van der Waals surface area contributed by atoms with Gasteiger partial charge < -0.3 is 10.1 Å². The summed E-state index contributed by atoms with van der Waals surface area (Å²) in [7, 11) is 1.63. The number of nitrogens with one attached hydrogen (secondary N) is 1. The first-order valence-corrected chi connectivity index (χ1v) is 7.77. The van der Waals surface area contributed by atoms with Crippen molar-refractivity contribution in [3.8, 4) is 0 Å². The number of thioether (sulfide) groups is 1. The van der Waals surface area contributed by atoms with Gasteiger partial charge in [0, 0.05) is 24.3 Å². The van der Waals surface area contributed by atoms with Crippen LogP contribution in [0, 0.1) is 0 Å². The molecule has 0 fully saturated rings. The lowest BCUT2D eigenvalue weighted by Crippen LogP contribution is -2.31. The SMILES string of the molecule is COCC(Cl)CCNC(=O)C1CSc2ccccc21. The quantitative estimate of drug-likeness (QED) is 0.821. The Morgan fingerprint density at radius 3 is 3.16 bits per heavy atom. The van der Waals surface area contributed by atoms with Gasteiger partial charge in [0.2, 0.25) is 5.91 Å². The van der Waals surface area contributed by atoms with Crippen LogP contribution in [0.5, 0.6) is 0 Å². The third-order valence-corrected chi connectivity index (χ3v) is 4.65. The van der Waals surface area contributed by atoms with Crippen molar-refractivity contribution in [1.82, 2.24) is 5.32 Å². The van der Waals surface area contributed by atoms with Gasteiger partial charge in [-0.1, -0.05) is 18.2 Å². The van der Waals surface area contributed by atoms with Crippen molar-refractivity contribution in [1.29, 1.82) is 0 Å². The summed E-state index contributed by atoms with van der Waals surface area (Å²) in [5.74, 6) is 0.893. The van der Waals surface area contributed by atoms with E-state index in [0.29, 0.717) is 13.2 Å². The van der Waals surface area contributed by atoms with Crippen LogP contribution in [0.25, 0.3) is 0 Å². The summed E-state index contributed by atoms with van der Waals surface area (Å²) >= 11 is 7.77. The van der Waals surface area contributed by atoms with E-state index in [2.05, 4.69) is 11.4 Å². The third kappa shape index (κ3) is 3.88. The molecule has 1 heterocycles. The molecule has 2 atom stereocenters. The fraction of sp³-hybridized carbons (Fsp3) is 0.500. The zero-order chi connectivity index (χ0) is 13.7. The molecule has 2 rings (SSSR count). The van der Waals surface area contributed by atoms with E-state index in [-0.39, 0.29) is 17.2 Å².